The molecule has 0 atom stereocenters. The summed E-state index contributed by atoms with van der Waals surface area (Å²) >= 11 is 0. The van der Waals surface area contributed by atoms with E-state index in [0.29, 0.717) is 0 Å². The van der Waals surface area contributed by atoms with Gasteiger partial charge in [-0.3, -0.25) is 0 Å². The van der Waals surface area contributed by atoms with Crippen LogP contribution < -0.4 is 20.1 Å². The predicted octanol–water partition coefficient (Wildman–Crippen LogP) is 5.85. The van der Waals surface area contributed by atoms with Crippen LogP contribution in [-0.2, 0) is 6.18 Å². The number of rotatable bonds is 6. The third-order valence-electron chi connectivity index (χ3n) is 4.22. The van der Waals surface area contributed by atoms with E-state index in [1.54, 1.807) is 12.1 Å². The second-order valence-electron chi connectivity index (χ2n) is 6.42. The predicted molar refractivity (Wildman–Crippen MR) is 111 cm³/mol. The first kappa shape index (κ1) is 22.5. The second-order valence-corrected chi connectivity index (χ2v) is 6.42. The van der Waals surface area contributed by atoms with Crippen LogP contribution in [0.15, 0.2) is 66.7 Å². The Kier molecular flexibility index (Phi) is 6.53. The summed E-state index contributed by atoms with van der Waals surface area (Å²) in [6, 6.07) is 13.9. The number of carbonyl (C=O) groups is 2. The minimum absolute atomic E-state index is 0.0160. The van der Waals surface area contributed by atoms with Crippen LogP contribution in [0.25, 0.3) is 0 Å². The first-order valence-electron chi connectivity index (χ1n) is 9.11. The molecule has 3 aromatic carbocycles. The van der Waals surface area contributed by atoms with E-state index in [-0.39, 0.29) is 34.2 Å². The molecule has 0 aliphatic carbocycles. The average Bonchev–Trinajstić information content (AvgIpc) is 2.74. The number of hydrogen-bond acceptors (Lipinski definition) is 4. The highest BCUT2D eigenvalue weighted by atomic mass is 19.4. The molecule has 0 saturated heterocycles. The molecule has 0 heterocycles. The van der Waals surface area contributed by atoms with E-state index in [1.165, 1.54) is 43.5 Å². The van der Waals surface area contributed by atoms with E-state index in [2.05, 4.69) is 10.6 Å². The molecule has 0 spiro atoms. The Morgan fingerprint density at radius 2 is 1.59 bits per heavy atom. The third-order valence-corrected chi connectivity index (χ3v) is 4.22. The first-order valence-corrected chi connectivity index (χ1v) is 9.11. The minimum Gasteiger partial charge on any atom is -0.495 e. The molecule has 3 N–H and O–H groups in total. The molecular weight excluding hydrogens is 429 g/mol. The molecule has 0 radical (unpaired) electrons. The maximum atomic E-state index is 13.0. The van der Waals surface area contributed by atoms with Crippen LogP contribution in [0.4, 0.5) is 29.3 Å². The monoisotopic (exact) mass is 446 g/mol. The molecule has 0 saturated carbocycles. The molecule has 0 aromatic heterocycles. The molecule has 3 rings (SSSR count). The van der Waals surface area contributed by atoms with Crippen molar-refractivity contribution in [2.75, 3.05) is 17.7 Å². The number of alkyl halides is 3. The number of aromatic carboxylic acids is 1. The van der Waals surface area contributed by atoms with Gasteiger partial charge in [0, 0.05) is 0 Å². The maximum absolute atomic E-state index is 13.0. The van der Waals surface area contributed by atoms with Gasteiger partial charge in [0.05, 0.1) is 29.6 Å². The Labute approximate surface area is 180 Å². The van der Waals surface area contributed by atoms with Crippen LogP contribution in [0.3, 0.4) is 0 Å². The number of hydrogen-bond donors (Lipinski definition) is 3. The summed E-state index contributed by atoms with van der Waals surface area (Å²) in [5, 5.41) is 13.9. The van der Waals surface area contributed by atoms with Gasteiger partial charge in [0.1, 0.15) is 11.5 Å². The molecule has 32 heavy (non-hydrogen) atoms. The lowest BCUT2D eigenvalue weighted by molar-refractivity contribution is -0.137. The van der Waals surface area contributed by atoms with Gasteiger partial charge in [-0.05, 0) is 48.5 Å². The number of para-hydroxylation sites is 2. The van der Waals surface area contributed by atoms with Crippen LogP contribution >= 0.6 is 0 Å². The maximum Gasteiger partial charge on any atom is 0.416 e. The lowest BCUT2D eigenvalue weighted by atomic mass is 10.2. The average molecular weight is 446 g/mol. The summed E-state index contributed by atoms with van der Waals surface area (Å²) in [6.45, 7) is 0. The van der Waals surface area contributed by atoms with Gasteiger partial charge < -0.3 is 25.2 Å². The molecular formula is C22H17F3N2O5. The number of nitrogens with one attached hydrogen (secondary N) is 2. The number of methoxy groups -OCH3 is 1. The van der Waals surface area contributed by atoms with E-state index in [1.807, 2.05) is 0 Å². The summed E-state index contributed by atoms with van der Waals surface area (Å²) in [6.07, 6.45) is -4.59. The van der Waals surface area contributed by atoms with Gasteiger partial charge >= 0.3 is 18.2 Å². The quantitative estimate of drug-likeness (QED) is 0.442. The summed E-state index contributed by atoms with van der Waals surface area (Å²) in [7, 11) is 1.26. The lowest BCUT2D eigenvalue weighted by Gasteiger charge is -2.15. The number of urea groups is 1. The van der Waals surface area contributed by atoms with E-state index in [4.69, 9.17) is 14.6 Å². The molecule has 7 nitrogen and oxygen atoms in total. The minimum atomic E-state index is -4.59. The van der Waals surface area contributed by atoms with Crippen LogP contribution in [0.5, 0.6) is 17.2 Å². The number of carboxylic acids is 1. The summed E-state index contributed by atoms with van der Waals surface area (Å²) in [5.41, 5.74) is -0.901. The number of benzene rings is 3. The highest BCUT2D eigenvalue weighted by molar-refractivity contribution is 6.01. The van der Waals surface area contributed by atoms with Gasteiger partial charge in [-0.25, -0.2) is 9.59 Å². The molecule has 0 aliphatic heterocycles. The lowest BCUT2D eigenvalue weighted by Crippen LogP contribution is -2.20. The van der Waals surface area contributed by atoms with Crippen LogP contribution in [0.1, 0.15) is 15.9 Å². The number of carbonyl (C=O) groups excluding carboxylic acids is 1. The van der Waals surface area contributed by atoms with E-state index < -0.39 is 23.7 Å². The van der Waals surface area contributed by atoms with Gasteiger partial charge in [0.25, 0.3) is 0 Å². The van der Waals surface area contributed by atoms with Crippen LogP contribution in [0, 0.1) is 0 Å². The van der Waals surface area contributed by atoms with Crippen LogP contribution in [0.2, 0.25) is 0 Å². The number of halogens is 3. The van der Waals surface area contributed by atoms with Crippen molar-refractivity contribution < 1.29 is 37.3 Å². The number of anilines is 2. The third kappa shape index (κ3) is 5.48. The van der Waals surface area contributed by atoms with Gasteiger partial charge in [-0.1, -0.05) is 18.2 Å². The van der Waals surface area contributed by atoms with Crippen molar-refractivity contribution in [2.24, 2.45) is 0 Å². The van der Waals surface area contributed by atoms with E-state index in [0.717, 1.165) is 18.2 Å². The SMILES string of the molecule is COc1ccc(C(F)(F)F)cc1NC(=O)Nc1ccccc1Oc1cccc(C(=O)O)c1. The standard InChI is InChI=1S/C22H17F3N2O5/c1-31-18-10-9-14(22(23,24)25)12-17(18)27-21(30)26-16-7-2-3-8-19(16)32-15-6-4-5-13(11-15)20(28)29/h2-12H,1H3,(H,28,29)(H2,26,27,30). The zero-order valence-electron chi connectivity index (χ0n) is 16.6. The fourth-order valence-electron chi connectivity index (χ4n) is 2.74. The van der Waals surface area contributed by atoms with Crippen molar-refractivity contribution >= 4 is 23.4 Å². The summed E-state index contributed by atoms with van der Waals surface area (Å²) in [4.78, 5) is 23.6. The topological polar surface area (TPSA) is 96.9 Å². The zero-order valence-corrected chi connectivity index (χ0v) is 16.6. The van der Waals surface area contributed by atoms with E-state index in [9.17, 15) is 22.8 Å². The Balaban J connectivity index is 1.80. The molecule has 2 amide bonds. The van der Waals surface area contributed by atoms with Gasteiger partial charge in [0.15, 0.2) is 5.75 Å². The molecule has 0 aliphatic rings. The summed E-state index contributed by atoms with van der Waals surface area (Å²) in [5.74, 6) is -0.667. The van der Waals surface area contributed by atoms with E-state index >= 15 is 0 Å². The fraction of sp³-hybridized carbons (Fsp3) is 0.0909. The Morgan fingerprint density at radius 1 is 0.875 bits per heavy atom. The Morgan fingerprint density at radius 3 is 2.28 bits per heavy atom. The number of amides is 2. The first-order chi connectivity index (χ1) is 15.2. The second kappa shape index (κ2) is 9.29. The number of ether oxygens (including phenoxy) is 2. The Hall–Kier alpha value is -4.21. The van der Waals surface area contributed by atoms with Crippen molar-refractivity contribution in [3.8, 4) is 17.2 Å². The fourth-order valence-corrected chi connectivity index (χ4v) is 2.74. The molecule has 10 heteroatoms. The van der Waals surface area contributed by atoms with Crippen molar-refractivity contribution in [3.63, 3.8) is 0 Å². The van der Waals surface area contributed by atoms with Crippen molar-refractivity contribution in [1.82, 2.24) is 0 Å². The van der Waals surface area contributed by atoms with Crippen molar-refractivity contribution in [2.45, 2.75) is 6.18 Å². The Bertz CT molecular complexity index is 1150. The van der Waals surface area contributed by atoms with Gasteiger partial charge in [-0.2, -0.15) is 13.2 Å². The summed E-state index contributed by atoms with van der Waals surface area (Å²) < 4.78 is 49.7. The molecule has 0 unspecified atom stereocenters. The molecule has 0 bridgehead atoms. The molecule has 0 fully saturated rings. The molecule has 166 valence electrons. The number of carboxylic acid groups (broad SMARTS) is 1. The smallest absolute Gasteiger partial charge is 0.416 e. The molecule has 3 aromatic rings. The van der Waals surface area contributed by atoms with Crippen molar-refractivity contribution in [1.29, 1.82) is 0 Å². The normalized spacial score (nSPS) is 10.9. The zero-order chi connectivity index (χ0) is 23.3. The van der Waals surface area contributed by atoms with Gasteiger partial charge in [-0.15, -0.1) is 0 Å². The highest BCUT2D eigenvalue weighted by Crippen LogP contribution is 2.35. The van der Waals surface area contributed by atoms with Crippen LogP contribution in [-0.4, -0.2) is 24.2 Å². The highest BCUT2D eigenvalue weighted by Gasteiger charge is 2.31. The van der Waals surface area contributed by atoms with Crippen molar-refractivity contribution in [3.05, 3.63) is 77.9 Å². The largest absolute Gasteiger partial charge is 0.495 e. The van der Waals surface area contributed by atoms with Gasteiger partial charge in [0.2, 0.25) is 0 Å².